The zero-order chi connectivity index (χ0) is 23.9. The van der Waals surface area contributed by atoms with E-state index in [4.69, 9.17) is 5.11 Å². The van der Waals surface area contributed by atoms with Gasteiger partial charge in [0.05, 0.1) is 12.1 Å². The van der Waals surface area contributed by atoms with Crippen LogP contribution in [0.4, 0.5) is 26.3 Å². The average molecular weight is 470 g/mol. The van der Waals surface area contributed by atoms with Crippen molar-refractivity contribution >= 4 is 16.8 Å². The largest absolute Gasteiger partial charge is 0.410 e. The Hall–Kier alpha value is -3.01. The van der Waals surface area contributed by atoms with Crippen molar-refractivity contribution in [2.24, 2.45) is 11.8 Å². The molecule has 2 aromatic carbocycles. The van der Waals surface area contributed by atoms with Crippen molar-refractivity contribution < 1.29 is 36.2 Å². The molecule has 1 atom stereocenters. The molecular formula is C23H20F6N2O2. The number of fused-ring (bicyclic) bond motifs is 1. The second-order valence-corrected chi connectivity index (χ2v) is 8.32. The van der Waals surface area contributed by atoms with Gasteiger partial charge in [-0.05, 0) is 66.6 Å². The monoisotopic (exact) mass is 470 g/mol. The zero-order valence-corrected chi connectivity index (χ0v) is 17.1. The SMILES string of the molecule is O=C(N[C@@H](CO)C(F)(F)F)C1CC(Cc2c(-c3ccc(F)cc3)[nH]c3c(F)cc(F)cc23)C1. The number of hydrogen-bond acceptors (Lipinski definition) is 2. The number of nitrogens with one attached hydrogen (secondary N) is 2. The summed E-state index contributed by atoms with van der Waals surface area (Å²) in [5, 5.41) is 11.0. The predicted molar refractivity (Wildman–Crippen MR) is 109 cm³/mol. The molecule has 1 fully saturated rings. The van der Waals surface area contributed by atoms with Crippen LogP contribution in [-0.2, 0) is 11.2 Å². The summed E-state index contributed by atoms with van der Waals surface area (Å²) in [5.41, 5.74) is 1.73. The van der Waals surface area contributed by atoms with Crippen LogP contribution in [0.1, 0.15) is 18.4 Å². The summed E-state index contributed by atoms with van der Waals surface area (Å²) in [6, 6.07) is 5.09. The summed E-state index contributed by atoms with van der Waals surface area (Å²) in [5.74, 6) is -3.56. The van der Waals surface area contributed by atoms with Gasteiger partial charge in [0.2, 0.25) is 5.91 Å². The Bertz CT molecular complexity index is 1170. The number of carbonyl (C=O) groups is 1. The van der Waals surface area contributed by atoms with E-state index >= 15 is 0 Å². The van der Waals surface area contributed by atoms with Gasteiger partial charge >= 0.3 is 6.18 Å². The molecular weight excluding hydrogens is 450 g/mol. The van der Waals surface area contributed by atoms with Gasteiger partial charge in [-0.3, -0.25) is 4.79 Å². The van der Waals surface area contributed by atoms with Crippen molar-refractivity contribution in [3.63, 3.8) is 0 Å². The number of halogens is 6. The third-order valence-corrected chi connectivity index (χ3v) is 6.06. The molecule has 0 spiro atoms. The normalized spacial score (nSPS) is 19.4. The molecule has 1 aliphatic carbocycles. The fourth-order valence-corrected chi connectivity index (χ4v) is 4.27. The second-order valence-electron chi connectivity index (χ2n) is 8.32. The first-order chi connectivity index (χ1) is 15.6. The third-order valence-electron chi connectivity index (χ3n) is 6.06. The summed E-state index contributed by atoms with van der Waals surface area (Å²) in [6.45, 7) is -1.25. The molecule has 0 bridgehead atoms. The topological polar surface area (TPSA) is 65.1 Å². The molecule has 0 unspecified atom stereocenters. The van der Waals surface area contributed by atoms with E-state index in [1.165, 1.54) is 30.3 Å². The number of aliphatic hydroxyl groups is 1. The van der Waals surface area contributed by atoms with Gasteiger partial charge in [-0.2, -0.15) is 13.2 Å². The van der Waals surface area contributed by atoms with Gasteiger partial charge in [0.1, 0.15) is 23.5 Å². The van der Waals surface area contributed by atoms with Gasteiger partial charge in [-0.1, -0.05) is 0 Å². The lowest BCUT2D eigenvalue weighted by atomic mass is 9.71. The molecule has 0 saturated heterocycles. The number of alkyl halides is 3. The number of H-pyrrole nitrogens is 1. The maximum absolute atomic E-state index is 14.4. The van der Waals surface area contributed by atoms with Crippen molar-refractivity contribution in [2.45, 2.75) is 31.5 Å². The van der Waals surface area contributed by atoms with Crippen LogP contribution in [0.2, 0.25) is 0 Å². The van der Waals surface area contributed by atoms with Gasteiger partial charge in [-0.15, -0.1) is 0 Å². The Morgan fingerprint density at radius 2 is 1.76 bits per heavy atom. The maximum atomic E-state index is 14.4. The Kier molecular flexibility index (Phi) is 6.13. The summed E-state index contributed by atoms with van der Waals surface area (Å²) < 4.78 is 80.0. The highest BCUT2D eigenvalue weighted by Gasteiger charge is 2.43. The first-order valence-electron chi connectivity index (χ1n) is 10.3. The van der Waals surface area contributed by atoms with E-state index in [9.17, 15) is 31.1 Å². The van der Waals surface area contributed by atoms with Crippen LogP contribution in [0.25, 0.3) is 22.2 Å². The van der Waals surface area contributed by atoms with Crippen molar-refractivity contribution in [2.75, 3.05) is 6.61 Å². The van der Waals surface area contributed by atoms with Crippen LogP contribution in [0.5, 0.6) is 0 Å². The van der Waals surface area contributed by atoms with Crippen LogP contribution in [0.3, 0.4) is 0 Å². The molecule has 1 aromatic heterocycles. The Morgan fingerprint density at radius 3 is 2.36 bits per heavy atom. The molecule has 0 aliphatic heterocycles. The van der Waals surface area contributed by atoms with E-state index in [-0.39, 0.29) is 24.3 Å². The highest BCUT2D eigenvalue weighted by atomic mass is 19.4. The van der Waals surface area contributed by atoms with Crippen LogP contribution in [0, 0.1) is 29.3 Å². The summed E-state index contributed by atoms with van der Waals surface area (Å²) >= 11 is 0. The van der Waals surface area contributed by atoms with Gasteiger partial charge < -0.3 is 15.4 Å². The first kappa shape index (κ1) is 23.2. The molecule has 4 rings (SSSR count). The number of aliphatic hydroxyl groups excluding tert-OH is 1. The summed E-state index contributed by atoms with van der Waals surface area (Å²) in [7, 11) is 0. The third kappa shape index (κ3) is 4.71. The standard InChI is InChI=1S/C23H20F6N2O2/c24-14-3-1-12(2-4-14)20-16(17-8-15(25)9-18(26)21(17)31-20)7-11-5-13(6-11)22(33)30-19(10-32)23(27,28)29/h1-4,8-9,11,13,19,31-32H,5-7,10H2,(H,30,33)/t11?,13?,19-/m0/s1. The number of amides is 1. The molecule has 1 aliphatic rings. The van der Waals surface area contributed by atoms with E-state index < -0.39 is 48.1 Å². The number of aromatic amines is 1. The van der Waals surface area contributed by atoms with Gasteiger partial charge in [-0.25, -0.2) is 13.2 Å². The molecule has 3 aromatic rings. The minimum atomic E-state index is -4.75. The van der Waals surface area contributed by atoms with Crippen LogP contribution >= 0.6 is 0 Å². The second kappa shape index (κ2) is 8.74. The van der Waals surface area contributed by atoms with Crippen molar-refractivity contribution in [1.29, 1.82) is 0 Å². The lowest BCUT2D eigenvalue weighted by Gasteiger charge is -2.35. The smallest absolute Gasteiger partial charge is 0.394 e. The molecule has 1 heterocycles. The van der Waals surface area contributed by atoms with Crippen molar-refractivity contribution in [3.05, 3.63) is 59.4 Å². The average Bonchev–Trinajstić information content (AvgIpc) is 3.06. The fourth-order valence-electron chi connectivity index (χ4n) is 4.27. The van der Waals surface area contributed by atoms with E-state index in [1.807, 2.05) is 5.32 Å². The lowest BCUT2D eigenvalue weighted by Crippen LogP contribution is -2.51. The van der Waals surface area contributed by atoms with Gasteiger partial charge in [0.15, 0.2) is 0 Å². The van der Waals surface area contributed by atoms with Crippen LogP contribution in [-0.4, -0.2) is 34.8 Å². The van der Waals surface area contributed by atoms with E-state index in [1.54, 1.807) is 0 Å². The van der Waals surface area contributed by atoms with E-state index in [0.29, 0.717) is 28.6 Å². The molecule has 176 valence electrons. The van der Waals surface area contributed by atoms with E-state index in [2.05, 4.69) is 4.98 Å². The fraction of sp³-hybridized carbons (Fsp3) is 0.348. The van der Waals surface area contributed by atoms with Gasteiger partial charge in [0.25, 0.3) is 0 Å². The molecule has 33 heavy (non-hydrogen) atoms. The first-order valence-corrected chi connectivity index (χ1v) is 10.3. The Labute approximate surface area is 184 Å². The Morgan fingerprint density at radius 1 is 1.09 bits per heavy atom. The Balaban J connectivity index is 1.55. The number of benzene rings is 2. The maximum Gasteiger partial charge on any atom is 0.410 e. The molecule has 1 saturated carbocycles. The van der Waals surface area contributed by atoms with Crippen LogP contribution < -0.4 is 5.32 Å². The molecule has 4 nitrogen and oxygen atoms in total. The molecule has 0 radical (unpaired) electrons. The number of hydrogen-bond donors (Lipinski definition) is 3. The number of carbonyl (C=O) groups excluding carboxylic acids is 1. The minimum absolute atomic E-state index is 0.0929. The highest BCUT2D eigenvalue weighted by molar-refractivity contribution is 5.91. The van der Waals surface area contributed by atoms with Gasteiger partial charge in [0, 0.05) is 23.1 Å². The van der Waals surface area contributed by atoms with Crippen molar-refractivity contribution in [3.8, 4) is 11.3 Å². The summed E-state index contributed by atoms with van der Waals surface area (Å²) in [6.07, 6.45) is -3.86. The highest BCUT2D eigenvalue weighted by Crippen LogP contribution is 2.41. The van der Waals surface area contributed by atoms with E-state index in [0.717, 1.165) is 6.07 Å². The minimum Gasteiger partial charge on any atom is -0.394 e. The number of rotatable bonds is 6. The zero-order valence-electron chi connectivity index (χ0n) is 17.1. The summed E-state index contributed by atoms with van der Waals surface area (Å²) in [4.78, 5) is 15.1. The number of aromatic nitrogens is 1. The lowest BCUT2D eigenvalue weighted by molar-refractivity contribution is -0.170. The van der Waals surface area contributed by atoms with Crippen LogP contribution in [0.15, 0.2) is 36.4 Å². The molecule has 10 heteroatoms. The predicted octanol–water partition coefficient (Wildman–Crippen LogP) is 4.86. The quantitative estimate of drug-likeness (QED) is 0.451. The molecule has 1 amide bonds. The molecule has 3 N–H and O–H groups in total. The van der Waals surface area contributed by atoms with Crippen molar-refractivity contribution in [1.82, 2.24) is 10.3 Å².